The molecule has 0 aromatic carbocycles. The first kappa shape index (κ1) is 68.6. The van der Waals surface area contributed by atoms with Gasteiger partial charge >= 0.3 is 5.97 Å². The van der Waals surface area contributed by atoms with Crippen LogP contribution in [0, 0.1) is 0 Å². The first-order valence-electron chi connectivity index (χ1n) is 31.9. The lowest BCUT2D eigenvalue weighted by molar-refractivity contribution is -0.143. The van der Waals surface area contributed by atoms with Crippen LogP contribution in [-0.2, 0) is 14.3 Å². The number of carbonyl (C=O) groups is 2. The second-order valence-electron chi connectivity index (χ2n) is 22.1. The Morgan fingerprint density at radius 1 is 0.386 bits per heavy atom. The lowest BCUT2D eigenvalue weighted by Crippen LogP contribution is -2.45. The summed E-state index contributed by atoms with van der Waals surface area (Å²) in [6.45, 7) is 4.97. The van der Waals surface area contributed by atoms with E-state index < -0.39 is 12.1 Å². The minimum Gasteiger partial charge on any atom is -0.466 e. The summed E-state index contributed by atoms with van der Waals surface area (Å²) in [5.41, 5.74) is 0. The molecule has 0 radical (unpaired) electrons. The van der Waals surface area contributed by atoms with Crippen LogP contribution in [0.4, 0.5) is 0 Å². The van der Waals surface area contributed by atoms with Crippen LogP contribution < -0.4 is 5.32 Å². The number of aliphatic hydroxyl groups is 2. The van der Waals surface area contributed by atoms with Gasteiger partial charge in [0.1, 0.15) is 0 Å². The van der Waals surface area contributed by atoms with Gasteiger partial charge in [-0.3, -0.25) is 9.59 Å². The van der Waals surface area contributed by atoms with Crippen molar-refractivity contribution in [3.8, 4) is 0 Å². The van der Waals surface area contributed by atoms with E-state index in [2.05, 4.69) is 31.3 Å². The van der Waals surface area contributed by atoms with E-state index in [0.717, 1.165) is 44.9 Å². The van der Waals surface area contributed by atoms with Crippen LogP contribution >= 0.6 is 0 Å². The predicted octanol–water partition coefficient (Wildman–Crippen LogP) is 20.0. The van der Waals surface area contributed by atoms with Crippen LogP contribution in [0.3, 0.4) is 0 Å². The summed E-state index contributed by atoms with van der Waals surface area (Å²) in [5.74, 6) is -0.0301. The Hall–Kier alpha value is -1.40. The molecule has 0 fully saturated rings. The SMILES string of the molecule is CCCCCCC/C=C\CCCCCCCC(=O)OCCCCCCCCCCCCCCCCCCCCCCC(=O)NC(CO)C(O)CCCCCCCCCCCCCCCCCCCCC. The summed E-state index contributed by atoms with van der Waals surface area (Å²) in [5, 5.41) is 23.4. The molecule has 0 spiro atoms. The van der Waals surface area contributed by atoms with Crippen LogP contribution in [0.2, 0.25) is 0 Å². The standard InChI is InChI=1S/C64H125NO5/c1-3-5-7-9-11-13-15-17-19-20-23-26-29-32-36-40-44-48-52-56-62(67)61(60-66)65-63(68)57-53-49-45-41-37-33-30-27-24-21-22-25-28-31-35-39-43-47-51-55-59-70-64(69)58-54-50-46-42-38-34-18-16-14-12-10-8-6-4-2/h16,18,61-62,66-67H,3-15,17,19-60H2,1-2H3,(H,65,68)/b18-16-. The molecule has 0 aromatic rings. The molecule has 0 aromatic heterocycles. The highest BCUT2D eigenvalue weighted by atomic mass is 16.5. The lowest BCUT2D eigenvalue weighted by atomic mass is 10.0. The van der Waals surface area contributed by atoms with Crippen molar-refractivity contribution >= 4 is 11.9 Å². The Bertz CT molecular complexity index is 1050. The molecule has 416 valence electrons. The van der Waals surface area contributed by atoms with Gasteiger partial charge in [-0.1, -0.05) is 309 Å². The Kier molecular flexibility index (Phi) is 59.0. The molecule has 70 heavy (non-hydrogen) atoms. The number of aliphatic hydroxyl groups excluding tert-OH is 2. The third kappa shape index (κ3) is 55.9. The molecule has 0 aliphatic rings. The average molecular weight is 989 g/mol. The number of allylic oxidation sites excluding steroid dienone is 2. The molecule has 0 heterocycles. The van der Waals surface area contributed by atoms with Gasteiger partial charge in [0, 0.05) is 12.8 Å². The van der Waals surface area contributed by atoms with Crippen LogP contribution in [0.25, 0.3) is 0 Å². The zero-order valence-corrected chi connectivity index (χ0v) is 47.5. The first-order chi connectivity index (χ1) is 34.5. The number of amides is 1. The van der Waals surface area contributed by atoms with E-state index in [-0.39, 0.29) is 18.5 Å². The summed E-state index contributed by atoms with van der Waals surface area (Å²) in [4.78, 5) is 24.6. The van der Waals surface area contributed by atoms with Gasteiger partial charge in [0.25, 0.3) is 0 Å². The van der Waals surface area contributed by atoms with E-state index in [0.29, 0.717) is 25.9 Å². The zero-order valence-electron chi connectivity index (χ0n) is 47.5. The summed E-state index contributed by atoms with van der Waals surface area (Å²) in [6.07, 6.45) is 72.2. The second-order valence-corrected chi connectivity index (χ2v) is 22.1. The van der Waals surface area contributed by atoms with Crippen molar-refractivity contribution in [3.63, 3.8) is 0 Å². The summed E-state index contributed by atoms with van der Waals surface area (Å²) < 4.78 is 5.48. The van der Waals surface area contributed by atoms with Gasteiger partial charge in [-0.15, -0.1) is 0 Å². The third-order valence-corrected chi connectivity index (χ3v) is 15.1. The minimum absolute atomic E-state index is 0.00303. The van der Waals surface area contributed by atoms with E-state index in [1.165, 1.54) is 283 Å². The highest BCUT2D eigenvalue weighted by molar-refractivity contribution is 5.76. The summed E-state index contributed by atoms with van der Waals surface area (Å²) in [6, 6.07) is -0.543. The molecule has 6 heteroatoms. The topological polar surface area (TPSA) is 95.9 Å². The van der Waals surface area contributed by atoms with E-state index in [4.69, 9.17) is 4.74 Å². The van der Waals surface area contributed by atoms with Crippen molar-refractivity contribution in [1.82, 2.24) is 5.32 Å². The molecule has 0 bridgehead atoms. The fourth-order valence-corrected chi connectivity index (χ4v) is 10.2. The monoisotopic (exact) mass is 988 g/mol. The molecule has 0 saturated carbocycles. The molecular weight excluding hydrogens is 863 g/mol. The molecule has 0 aliphatic heterocycles. The Morgan fingerprint density at radius 2 is 0.671 bits per heavy atom. The van der Waals surface area contributed by atoms with Crippen LogP contribution in [0.15, 0.2) is 12.2 Å². The van der Waals surface area contributed by atoms with Crippen LogP contribution in [0.5, 0.6) is 0 Å². The van der Waals surface area contributed by atoms with E-state index in [1.54, 1.807) is 0 Å². The van der Waals surface area contributed by atoms with Crippen molar-refractivity contribution in [2.75, 3.05) is 13.2 Å². The first-order valence-corrected chi connectivity index (χ1v) is 31.9. The minimum atomic E-state index is -0.666. The molecule has 3 N–H and O–H groups in total. The quantitative estimate of drug-likeness (QED) is 0.0321. The number of ether oxygens (including phenoxy) is 1. The van der Waals surface area contributed by atoms with Crippen molar-refractivity contribution < 1.29 is 24.5 Å². The van der Waals surface area contributed by atoms with Crippen molar-refractivity contribution in [2.45, 2.75) is 373 Å². The van der Waals surface area contributed by atoms with Gasteiger partial charge in [0.05, 0.1) is 25.4 Å². The third-order valence-electron chi connectivity index (χ3n) is 15.1. The molecule has 2 atom stereocenters. The molecular formula is C64H125NO5. The largest absolute Gasteiger partial charge is 0.466 e. The number of hydrogen-bond donors (Lipinski definition) is 3. The van der Waals surface area contributed by atoms with Crippen LogP contribution in [0.1, 0.15) is 361 Å². The van der Waals surface area contributed by atoms with Gasteiger partial charge in [-0.2, -0.15) is 0 Å². The fraction of sp³-hybridized carbons (Fsp3) is 0.938. The smallest absolute Gasteiger partial charge is 0.305 e. The molecule has 6 nitrogen and oxygen atoms in total. The summed E-state index contributed by atoms with van der Waals surface area (Å²) in [7, 11) is 0. The lowest BCUT2D eigenvalue weighted by Gasteiger charge is -2.22. The van der Waals surface area contributed by atoms with E-state index in [9.17, 15) is 19.8 Å². The Morgan fingerprint density at radius 3 is 1.01 bits per heavy atom. The number of rotatable bonds is 60. The van der Waals surface area contributed by atoms with Gasteiger partial charge in [0.15, 0.2) is 0 Å². The van der Waals surface area contributed by atoms with Gasteiger partial charge in [-0.25, -0.2) is 0 Å². The highest BCUT2D eigenvalue weighted by Crippen LogP contribution is 2.18. The fourth-order valence-electron chi connectivity index (χ4n) is 10.2. The zero-order chi connectivity index (χ0) is 50.7. The number of unbranched alkanes of at least 4 members (excludes halogenated alkanes) is 47. The molecule has 1 amide bonds. The number of esters is 1. The van der Waals surface area contributed by atoms with E-state index >= 15 is 0 Å². The Balaban J connectivity index is 3.39. The second kappa shape index (κ2) is 60.2. The summed E-state index contributed by atoms with van der Waals surface area (Å²) >= 11 is 0. The van der Waals surface area contributed by atoms with Gasteiger partial charge < -0.3 is 20.3 Å². The highest BCUT2D eigenvalue weighted by Gasteiger charge is 2.20. The maximum absolute atomic E-state index is 12.5. The molecule has 0 saturated heterocycles. The molecule has 2 unspecified atom stereocenters. The van der Waals surface area contributed by atoms with Crippen molar-refractivity contribution in [1.29, 1.82) is 0 Å². The maximum atomic E-state index is 12.5. The number of carbonyl (C=O) groups excluding carboxylic acids is 2. The Labute approximate surface area is 438 Å². The molecule has 0 rings (SSSR count). The van der Waals surface area contributed by atoms with E-state index in [1.807, 2.05) is 0 Å². The van der Waals surface area contributed by atoms with Gasteiger partial charge in [-0.05, 0) is 51.4 Å². The average Bonchev–Trinajstić information content (AvgIpc) is 3.36. The number of nitrogens with one attached hydrogen (secondary N) is 1. The predicted molar refractivity (Wildman–Crippen MR) is 306 cm³/mol. The van der Waals surface area contributed by atoms with Crippen molar-refractivity contribution in [2.24, 2.45) is 0 Å². The van der Waals surface area contributed by atoms with Crippen molar-refractivity contribution in [3.05, 3.63) is 12.2 Å². The number of hydrogen-bond acceptors (Lipinski definition) is 5. The normalized spacial score (nSPS) is 12.6. The molecule has 0 aliphatic carbocycles. The maximum Gasteiger partial charge on any atom is 0.305 e. The van der Waals surface area contributed by atoms with Gasteiger partial charge in [0.2, 0.25) is 5.91 Å². The van der Waals surface area contributed by atoms with Crippen LogP contribution in [-0.4, -0.2) is 47.4 Å².